The van der Waals surface area contributed by atoms with Crippen LogP contribution in [0.3, 0.4) is 0 Å². The van der Waals surface area contributed by atoms with Crippen LogP contribution < -0.4 is 5.32 Å². The summed E-state index contributed by atoms with van der Waals surface area (Å²) in [7, 11) is 1.21. The highest BCUT2D eigenvalue weighted by molar-refractivity contribution is 5.94. The second-order valence-corrected chi connectivity index (χ2v) is 3.16. The van der Waals surface area contributed by atoms with Gasteiger partial charge in [-0.2, -0.15) is 0 Å². The van der Waals surface area contributed by atoms with Gasteiger partial charge in [0.1, 0.15) is 12.2 Å². The van der Waals surface area contributed by atoms with Crippen molar-refractivity contribution >= 4 is 11.9 Å². The smallest absolute Gasteiger partial charge is 0.315 e. The zero-order chi connectivity index (χ0) is 12.0. The number of amides is 1. The number of halogens is 1. The molecule has 0 saturated carbocycles. The van der Waals surface area contributed by atoms with Crippen molar-refractivity contribution in [1.82, 2.24) is 5.32 Å². The van der Waals surface area contributed by atoms with Crippen LogP contribution in [0.2, 0.25) is 0 Å². The van der Waals surface area contributed by atoms with Crippen LogP contribution in [0.25, 0.3) is 0 Å². The first-order valence-electron chi connectivity index (χ1n) is 4.70. The van der Waals surface area contributed by atoms with Gasteiger partial charge >= 0.3 is 5.97 Å². The van der Waals surface area contributed by atoms with Crippen LogP contribution in [-0.4, -0.2) is 19.0 Å². The van der Waals surface area contributed by atoms with E-state index in [9.17, 15) is 14.0 Å². The molecule has 86 valence electrons. The normalized spacial score (nSPS) is 9.62. The molecule has 0 atom stereocenters. The second kappa shape index (κ2) is 5.85. The van der Waals surface area contributed by atoms with Gasteiger partial charge < -0.3 is 10.1 Å². The van der Waals surface area contributed by atoms with Gasteiger partial charge in [0.05, 0.1) is 7.11 Å². The van der Waals surface area contributed by atoms with Gasteiger partial charge in [0.15, 0.2) is 0 Å². The van der Waals surface area contributed by atoms with E-state index in [2.05, 4.69) is 10.1 Å². The van der Waals surface area contributed by atoms with Crippen LogP contribution in [0.4, 0.5) is 4.39 Å². The molecule has 0 aliphatic heterocycles. The molecule has 0 aliphatic rings. The Morgan fingerprint density at radius 1 is 1.44 bits per heavy atom. The largest absolute Gasteiger partial charge is 0.469 e. The van der Waals surface area contributed by atoms with E-state index in [4.69, 9.17) is 0 Å². The Morgan fingerprint density at radius 2 is 2.19 bits per heavy atom. The van der Waals surface area contributed by atoms with Gasteiger partial charge in [0.2, 0.25) is 5.91 Å². The minimum atomic E-state index is -0.600. The van der Waals surface area contributed by atoms with Crippen molar-refractivity contribution < 1.29 is 18.7 Å². The molecule has 16 heavy (non-hydrogen) atoms. The Balaban J connectivity index is 2.40. The highest BCUT2D eigenvalue weighted by Gasteiger charge is 2.08. The summed E-state index contributed by atoms with van der Waals surface area (Å²) in [5.41, 5.74) is 0.637. The van der Waals surface area contributed by atoms with Gasteiger partial charge in [0, 0.05) is 6.54 Å². The number of methoxy groups -OCH3 is 1. The van der Waals surface area contributed by atoms with Crippen LogP contribution in [0.1, 0.15) is 12.0 Å². The van der Waals surface area contributed by atoms with Crippen molar-refractivity contribution in [1.29, 1.82) is 0 Å². The molecule has 0 radical (unpaired) electrons. The Hall–Kier alpha value is -1.91. The highest BCUT2D eigenvalue weighted by atomic mass is 19.1. The first kappa shape index (κ1) is 12.2. The van der Waals surface area contributed by atoms with E-state index in [-0.39, 0.29) is 18.8 Å². The Morgan fingerprint density at radius 3 is 2.81 bits per heavy atom. The van der Waals surface area contributed by atoms with Crippen molar-refractivity contribution in [2.24, 2.45) is 0 Å². The molecule has 1 N–H and O–H groups in total. The van der Waals surface area contributed by atoms with Crippen molar-refractivity contribution in [3.8, 4) is 0 Å². The number of nitrogens with one attached hydrogen (secondary N) is 1. The fraction of sp³-hybridized carbons (Fsp3) is 0.273. The van der Waals surface area contributed by atoms with Crippen LogP contribution >= 0.6 is 0 Å². The Labute approximate surface area is 92.4 Å². The number of hydrogen-bond donors (Lipinski definition) is 1. The molecule has 0 unspecified atom stereocenters. The molecule has 0 heterocycles. The maximum atomic E-state index is 12.8. The molecule has 5 heteroatoms. The third-order valence-corrected chi connectivity index (χ3v) is 1.91. The molecule has 0 aromatic heterocycles. The molecule has 1 aromatic rings. The van der Waals surface area contributed by atoms with E-state index in [0.717, 1.165) is 0 Å². The summed E-state index contributed by atoms with van der Waals surface area (Å²) in [5.74, 6) is -1.41. The van der Waals surface area contributed by atoms with Gasteiger partial charge in [-0.15, -0.1) is 0 Å². The number of esters is 1. The summed E-state index contributed by atoms with van der Waals surface area (Å²) in [5, 5.41) is 2.48. The zero-order valence-electron chi connectivity index (χ0n) is 8.83. The minimum Gasteiger partial charge on any atom is -0.469 e. The van der Waals surface area contributed by atoms with Gasteiger partial charge in [-0.05, 0) is 17.7 Å². The number of rotatable bonds is 4. The summed E-state index contributed by atoms with van der Waals surface area (Å²) in [6.07, 6.45) is -0.328. The maximum absolute atomic E-state index is 12.8. The van der Waals surface area contributed by atoms with Crippen LogP contribution in [0.15, 0.2) is 24.3 Å². The van der Waals surface area contributed by atoms with E-state index in [1.807, 2.05) is 0 Å². The first-order chi connectivity index (χ1) is 7.61. The number of carbonyl (C=O) groups is 2. The van der Waals surface area contributed by atoms with Gasteiger partial charge in [-0.1, -0.05) is 12.1 Å². The average Bonchev–Trinajstić information content (AvgIpc) is 2.26. The lowest BCUT2D eigenvalue weighted by Gasteiger charge is -2.04. The summed E-state index contributed by atoms with van der Waals surface area (Å²) in [6, 6.07) is 5.87. The summed E-state index contributed by atoms with van der Waals surface area (Å²) >= 11 is 0. The molecular weight excluding hydrogens is 213 g/mol. The maximum Gasteiger partial charge on any atom is 0.315 e. The minimum absolute atomic E-state index is 0.188. The molecule has 1 aromatic carbocycles. The van der Waals surface area contributed by atoms with Crippen molar-refractivity contribution in [2.75, 3.05) is 7.11 Å². The summed E-state index contributed by atoms with van der Waals surface area (Å²) in [4.78, 5) is 21.9. The van der Waals surface area contributed by atoms with Crippen molar-refractivity contribution in [2.45, 2.75) is 13.0 Å². The summed E-state index contributed by atoms with van der Waals surface area (Å²) < 4.78 is 17.1. The number of ether oxygens (including phenoxy) is 1. The predicted molar refractivity (Wildman–Crippen MR) is 54.9 cm³/mol. The molecule has 0 saturated heterocycles. The second-order valence-electron chi connectivity index (χ2n) is 3.16. The van der Waals surface area contributed by atoms with E-state index >= 15 is 0 Å². The molecule has 0 fully saturated rings. The van der Waals surface area contributed by atoms with E-state index in [1.165, 1.54) is 19.2 Å². The standard InChI is InChI=1S/C11H12FNO3/c1-16-11(15)6-10(14)13-7-8-3-2-4-9(12)5-8/h2-5H,6-7H2,1H3,(H,13,14). The SMILES string of the molecule is COC(=O)CC(=O)NCc1cccc(F)c1. The fourth-order valence-corrected chi connectivity index (χ4v) is 1.11. The molecule has 0 spiro atoms. The van der Waals surface area contributed by atoms with Crippen LogP contribution in [0.5, 0.6) is 0 Å². The molecular formula is C11H12FNO3. The van der Waals surface area contributed by atoms with E-state index in [1.54, 1.807) is 12.1 Å². The highest BCUT2D eigenvalue weighted by Crippen LogP contribution is 2.02. The lowest BCUT2D eigenvalue weighted by molar-refractivity contribution is -0.143. The topological polar surface area (TPSA) is 55.4 Å². The first-order valence-corrected chi connectivity index (χ1v) is 4.70. The van der Waals surface area contributed by atoms with E-state index in [0.29, 0.717) is 5.56 Å². The summed E-state index contributed by atoms with van der Waals surface area (Å²) in [6.45, 7) is 0.188. The molecule has 4 nitrogen and oxygen atoms in total. The molecule has 1 amide bonds. The quantitative estimate of drug-likeness (QED) is 0.614. The van der Waals surface area contributed by atoms with Crippen LogP contribution in [0, 0.1) is 5.82 Å². The van der Waals surface area contributed by atoms with E-state index < -0.39 is 11.9 Å². The molecule has 0 bridgehead atoms. The Bertz CT molecular complexity index is 393. The molecule has 0 aliphatic carbocycles. The Kier molecular flexibility index (Phi) is 4.44. The third-order valence-electron chi connectivity index (χ3n) is 1.91. The van der Waals surface area contributed by atoms with Gasteiger partial charge in [0.25, 0.3) is 0 Å². The lowest BCUT2D eigenvalue weighted by atomic mass is 10.2. The fourth-order valence-electron chi connectivity index (χ4n) is 1.11. The lowest BCUT2D eigenvalue weighted by Crippen LogP contribution is -2.25. The average molecular weight is 225 g/mol. The zero-order valence-corrected chi connectivity index (χ0v) is 8.83. The number of hydrogen-bond acceptors (Lipinski definition) is 3. The number of benzene rings is 1. The van der Waals surface area contributed by atoms with Crippen LogP contribution in [-0.2, 0) is 20.9 Å². The number of carbonyl (C=O) groups excluding carboxylic acids is 2. The monoisotopic (exact) mass is 225 g/mol. The van der Waals surface area contributed by atoms with Crippen molar-refractivity contribution in [3.63, 3.8) is 0 Å². The van der Waals surface area contributed by atoms with Crippen molar-refractivity contribution in [3.05, 3.63) is 35.6 Å². The predicted octanol–water partition coefficient (Wildman–Crippen LogP) is 1.00. The third kappa shape index (κ3) is 4.08. The van der Waals surface area contributed by atoms with Gasteiger partial charge in [-0.3, -0.25) is 9.59 Å². The van der Waals surface area contributed by atoms with Gasteiger partial charge in [-0.25, -0.2) is 4.39 Å². The molecule has 1 rings (SSSR count).